The summed E-state index contributed by atoms with van der Waals surface area (Å²) in [6.07, 6.45) is 0.673. The number of aryl methyl sites for hydroxylation is 1. The molecule has 1 unspecified atom stereocenters. The highest BCUT2D eigenvalue weighted by molar-refractivity contribution is 6.32. The third-order valence-corrected chi connectivity index (χ3v) is 2.44. The first-order valence-electron chi connectivity index (χ1n) is 5.34. The lowest BCUT2D eigenvalue weighted by molar-refractivity contribution is 0.112. The number of nitrogens with one attached hydrogen (secondary N) is 1. The maximum absolute atomic E-state index is 10.9. The summed E-state index contributed by atoms with van der Waals surface area (Å²) >= 11 is 5.89. The molecule has 0 saturated carbocycles. The van der Waals surface area contributed by atoms with Crippen LogP contribution in [0.1, 0.15) is 23.1 Å². The number of aromatic nitrogens is 2. The van der Waals surface area contributed by atoms with E-state index in [-0.39, 0.29) is 11.2 Å². The van der Waals surface area contributed by atoms with Crippen molar-refractivity contribution in [3.8, 4) is 0 Å². The van der Waals surface area contributed by atoms with Gasteiger partial charge in [0.25, 0.3) is 0 Å². The minimum Gasteiger partial charge on any atom is -0.366 e. The Morgan fingerprint density at radius 3 is 2.65 bits per heavy atom. The molecule has 0 radical (unpaired) electrons. The van der Waals surface area contributed by atoms with E-state index in [9.17, 15) is 4.79 Å². The van der Waals surface area contributed by atoms with Gasteiger partial charge in [-0.3, -0.25) is 4.79 Å². The smallest absolute Gasteiger partial charge is 0.156 e. The van der Waals surface area contributed by atoms with Gasteiger partial charge < -0.3 is 10.2 Å². The Morgan fingerprint density at radius 1 is 1.47 bits per heavy atom. The number of carbonyl (C=O) groups excluding carboxylic acids is 1. The van der Waals surface area contributed by atoms with Gasteiger partial charge in [0.05, 0.1) is 5.56 Å². The Morgan fingerprint density at radius 2 is 2.12 bits per heavy atom. The number of halogens is 1. The van der Waals surface area contributed by atoms with Gasteiger partial charge in [-0.05, 0) is 27.9 Å². The summed E-state index contributed by atoms with van der Waals surface area (Å²) in [4.78, 5) is 21.1. The van der Waals surface area contributed by atoms with Crippen LogP contribution in [0, 0.1) is 6.92 Å². The fraction of sp³-hybridized carbons (Fsp3) is 0.545. The lowest BCUT2D eigenvalue weighted by Gasteiger charge is -2.19. The van der Waals surface area contributed by atoms with Crippen LogP contribution in [-0.2, 0) is 0 Å². The monoisotopic (exact) mass is 256 g/mol. The number of nitrogens with zero attached hydrogens (tertiary/aromatic N) is 3. The molecular weight excluding hydrogens is 240 g/mol. The molecule has 0 aliphatic heterocycles. The average Bonchev–Trinajstić information content (AvgIpc) is 2.15. The first-order chi connectivity index (χ1) is 7.93. The first-order valence-corrected chi connectivity index (χ1v) is 5.72. The summed E-state index contributed by atoms with van der Waals surface area (Å²) in [5.41, 5.74) is 0.308. The number of rotatable bonds is 5. The summed E-state index contributed by atoms with van der Waals surface area (Å²) < 4.78 is 0. The second-order valence-electron chi connectivity index (χ2n) is 4.25. The Kier molecular flexibility index (Phi) is 4.84. The van der Waals surface area contributed by atoms with Crippen molar-refractivity contribution in [3.63, 3.8) is 0 Å². The molecule has 0 fully saturated rings. The molecule has 94 valence electrons. The average molecular weight is 257 g/mol. The number of anilines is 1. The van der Waals surface area contributed by atoms with Gasteiger partial charge in [-0.1, -0.05) is 11.6 Å². The Bertz CT molecular complexity index is 409. The summed E-state index contributed by atoms with van der Waals surface area (Å²) in [5, 5.41) is 3.35. The van der Waals surface area contributed by atoms with Crippen molar-refractivity contribution >= 4 is 23.7 Å². The summed E-state index contributed by atoms with van der Waals surface area (Å²) in [5.74, 6) is 1.03. The van der Waals surface area contributed by atoms with Crippen molar-refractivity contribution in [2.45, 2.75) is 19.9 Å². The van der Waals surface area contributed by atoms with Crippen LogP contribution in [-0.4, -0.2) is 47.8 Å². The van der Waals surface area contributed by atoms with Gasteiger partial charge in [0, 0.05) is 12.6 Å². The molecule has 0 saturated heterocycles. The molecule has 0 bridgehead atoms. The predicted molar refractivity (Wildman–Crippen MR) is 68.8 cm³/mol. The van der Waals surface area contributed by atoms with Crippen LogP contribution in [0.25, 0.3) is 0 Å². The van der Waals surface area contributed by atoms with Gasteiger partial charge in [0.2, 0.25) is 0 Å². The summed E-state index contributed by atoms with van der Waals surface area (Å²) in [6.45, 7) is 4.58. The van der Waals surface area contributed by atoms with Crippen molar-refractivity contribution < 1.29 is 4.79 Å². The minimum absolute atomic E-state index is 0.161. The molecule has 1 rings (SSSR count). The first kappa shape index (κ1) is 13.9. The van der Waals surface area contributed by atoms with Crippen molar-refractivity contribution in [2.75, 3.05) is 26.0 Å². The van der Waals surface area contributed by atoms with Crippen LogP contribution in [0.4, 0.5) is 5.82 Å². The molecule has 0 aliphatic carbocycles. The quantitative estimate of drug-likeness (QED) is 0.641. The third-order valence-electron chi connectivity index (χ3n) is 2.15. The number of hydrogen-bond donors (Lipinski definition) is 1. The number of likely N-dealkylation sites (N-methyl/N-ethyl adjacent to an activating group) is 1. The van der Waals surface area contributed by atoms with E-state index in [4.69, 9.17) is 11.6 Å². The number of carbonyl (C=O) groups is 1. The molecule has 1 aromatic rings. The zero-order chi connectivity index (χ0) is 13.0. The van der Waals surface area contributed by atoms with E-state index >= 15 is 0 Å². The van der Waals surface area contributed by atoms with Gasteiger partial charge in [0.1, 0.15) is 16.8 Å². The third kappa shape index (κ3) is 3.94. The van der Waals surface area contributed by atoms with E-state index in [1.807, 2.05) is 25.9 Å². The van der Waals surface area contributed by atoms with Crippen LogP contribution >= 0.6 is 11.6 Å². The number of aldehydes is 1. The molecule has 17 heavy (non-hydrogen) atoms. The van der Waals surface area contributed by atoms with Crippen molar-refractivity contribution in [3.05, 3.63) is 16.5 Å². The van der Waals surface area contributed by atoms with E-state index in [1.54, 1.807) is 6.92 Å². The highest BCUT2D eigenvalue weighted by atomic mass is 35.5. The summed E-state index contributed by atoms with van der Waals surface area (Å²) in [6, 6.07) is 0.161. The van der Waals surface area contributed by atoms with Crippen LogP contribution in [0.15, 0.2) is 0 Å². The molecule has 6 heteroatoms. The largest absolute Gasteiger partial charge is 0.366 e. The topological polar surface area (TPSA) is 58.1 Å². The Hall–Kier alpha value is -1.20. The normalized spacial score (nSPS) is 12.6. The second kappa shape index (κ2) is 5.93. The molecule has 1 atom stereocenters. The van der Waals surface area contributed by atoms with Crippen molar-refractivity contribution in [2.24, 2.45) is 0 Å². The second-order valence-corrected chi connectivity index (χ2v) is 4.61. The molecule has 1 N–H and O–H groups in total. The summed E-state index contributed by atoms with van der Waals surface area (Å²) in [7, 11) is 3.97. The predicted octanol–water partition coefficient (Wildman–Crippen LogP) is 1.61. The molecule has 0 aromatic carbocycles. The molecule has 1 aromatic heterocycles. The zero-order valence-corrected chi connectivity index (χ0v) is 11.2. The standard InChI is InChI=1S/C11H17ClN4O/c1-7(5-16(3)4)13-11-9(6-17)10(12)14-8(2)15-11/h6-7H,5H2,1-4H3,(H,13,14,15). The maximum atomic E-state index is 10.9. The van der Waals surface area contributed by atoms with Gasteiger partial charge in [-0.15, -0.1) is 0 Å². The molecule has 5 nitrogen and oxygen atoms in total. The minimum atomic E-state index is 0.161. The molecular formula is C11H17ClN4O. The lowest BCUT2D eigenvalue weighted by atomic mass is 10.2. The van der Waals surface area contributed by atoms with Crippen LogP contribution in [0.2, 0.25) is 5.15 Å². The molecule has 1 heterocycles. The van der Waals surface area contributed by atoms with Gasteiger partial charge >= 0.3 is 0 Å². The van der Waals surface area contributed by atoms with Crippen LogP contribution in [0.5, 0.6) is 0 Å². The Balaban J connectivity index is 2.93. The lowest BCUT2D eigenvalue weighted by Crippen LogP contribution is -2.30. The van der Waals surface area contributed by atoms with Crippen molar-refractivity contribution in [1.29, 1.82) is 0 Å². The van der Waals surface area contributed by atoms with E-state index in [0.717, 1.165) is 6.54 Å². The number of hydrogen-bond acceptors (Lipinski definition) is 5. The van der Waals surface area contributed by atoms with E-state index < -0.39 is 0 Å². The van der Waals surface area contributed by atoms with Gasteiger partial charge in [0.15, 0.2) is 6.29 Å². The Labute approximate surface area is 106 Å². The highest BCUT2D eigenvalue weighted by Crippen LogP contribution is 2.19. The van der Waals surface area contributed by atoms with E-state index in [2.05, 4.69) is 15.3 Å². The molecule has 0 aliphatic rings. The molecule has 0 spiro atoms. The highest BCUT2D eigenvalue weighted by Gasteiger charge is 2.13. The SMILES string of the molecule is Cc1nc(Cl)c(C=O)c(NC(C)CN(C)C)n1. The van der Waals surface area contributed by atoms with Crippen molar-refractivity contribution in [1.82, 2.24) is 14.9 Å². The van der Waals surface area contributed by atoms with Crippen LogP contribution < -0.4 is 5.32 Å². The van der Waals surface area contributed by atoms with Gasteiger partial charge in [-0.25, -0.2) is 9.97 Å². The maximum Gasteiger partial charge on any atom is 0.156 e. The van der Waals surface area contributed by atoms with E-state index in [0.29, 0.717) is 23.5 Å². The zero-order valence-electron chi connectivity index (χ0n) is 10.5. The van der Waals surface area contributed by atoms with E-state index in [1.165, 1.54) is 0 Å². The van der Waals surface area contributed by atoms with Gasteiger partial charge in [-0.2, -0.15) is 0 Å². The fourth-order valence-corrected chi connectivity index (χ4v) is 1.84. The van der Waals surface area contributed by atoms with Crippen LogP contribution in [0.3, 0.4) is 0 Å². The fourth-order valence-electron chi connectivity index (χ4n) is 1.59. The molecule has 0 amide bonds.